The lowest BCUT2D eigenvalue weighted by molar-refractivity contribution is -0.151. The van der Waals surface area contributed by atoms with Crippen molar-refractivity contribution in [1.82, 2.24) is 10.2 Å². The molecule has 0 spiro atoms. The third-order valence-electron chi connectivity index (χ3n) is 4.31. The highest BCUT2D eigenvalue weighted by molar-refractivity contribution is 5.91. The monoisotopic (exact) mass is 252 g/mol. The van der Waals surface area contributed by atoms with E-state index >= 15 is 0 Å². The zero-order valence-corrected chi connectivity index (χ0v) is 10.6. The van der Waals surface area contributed by atoms with Crippen molar-refractivity contribution >= 4 is 11.8 Å². The Bertz CT molecular complexity index is 356. The zero-order valence-electron chi connectivity index (χ0n) is 10.6. The molecule has 3 atom stereocenters. The van der Waals surface area contributed by atoms with Crippen LogP contribution >= 0.6 is 0 Å². The molecule has 0 unspecified atom stereocenters. The Morgan fingerprint density at radius 1 is 1.28 bits per heavy atom. The van der Waals surface area contributed by atoms with Gasteiger partial charge in [0.1, 0.15) is 6.04 Å². The van der Waals surface area contributed by atoms with Crippen LogP contribution in [-0.4, -0.2) is 48.1 Å². The Hall–Kier alpha value is -1.10. The molecule has 1 aliphatic carbocycles. The van der Waals surface area contributed by atoms with Gasteiger partial charge in [0.05, 0.1) is 18.8 Å². The number of nitrogens with one attached hydrogen (secondary N) is 1. The molecule has 3 aliphatic rings. The van der Waals surface area contributed by atoms with E-state index in [0.717, 1.165) is 12.8 Å². The molecule has 18 heavy (non-hydrogen) atoms. The van der Waals surface area contributed by atoms with E-state index in [2.05, 4.69) is 5.32 Å². The standard InChI is InChI=1S/C13H20N2O3/c16-12-6-5-9(14-12)13(17)15-7-8-18-11-4-2-1-3-10(11)15/h9-11H,1-8H2,(H,14,16)/t9-,10+,11-/m1/s1. The van der Waals surface area contributed by atoms with Gasteiger partial charge in [0.2, 0.25) is 11.8 Å². The van der Waals surface area contributed by atoms with Crippen molar-refractivity contribution in [3.05, 3.63) is 0 Å². The van der Waals surface area contributed by atoms with Gasteiger partial charge in [0, 0.05) is 13.0 Å². The van der Waals surface area contributed by atoms with Crippen LogP contribution < -0.4 is 5.32 Å². The molecule has 2 saturated heterocycles. The van der Waals surface area contributed by atoms with Gasteiger partial charge in [-0.25, -0.2) is 0 Å². The lowest BCUT2D eigenvalue weighted by atomic mass is 9.89. The van der Waals surface area contributed by atoms with Crippen molar-refractivity contribution in [1.29, 1.82) is 0 Å². The number of hydrogen-bond acceptors (Lipinski definition) is 3. The normalized spacial score (nSPS) is 36.1. The van der Waals surface area contributed by atoms with E-state index in [1.54, 1.807) is 0 Å². The van der Waals surface area contributed by atoms with Gasteiger partial charge in [0.25, 0.3) is 0 Å². The fraction of sp³-hybridized carbons (Fsp3) is 0.846. The van der Waals surface area contributed by atoms with Crippen LogP contribution in [0.25, 0.3) is 0 Å². The highest BCUT2D eigenvalue weighted by Crippen LogP contribution is 2.29. The lowest BCUT2D eigenvalue weighted by Gasteiger charge is -2.44. The van der Waals surface area contributed by atoms with E-state index < -0.39 is 0 Å². The first-order valence-corrected chi connectivity index (χ1v) is 6.97. The van der Waals surface area contributed by atoms with Crippen LogP contribution in [0.3, 0.4) is 0 Å². The Labute approximate surface area is 107 Å². The van der Waals surface area contributed by atoms with Crippen molar-refractivity contribution < 1.29 is 14.3 Å². The highest BCUT2D eigenvalue weighted by atomic mass is 16.5. The number of morpholine rings is 1. The molecule has 0 radical (unpaired) electrons. The molecule has 1 N–H and O–H groups in total. The third kappa shape index (κ3) is 2.11. The molecule has 0 aromatic rings. The summed E-state index contributed by atoms with van der Waals surface area (Å²) < 4.78 is 5.76. The van der Waals surface area contributed by atoms with Crippen LogP contribution in [0.15, 0.2) is 0 Å². The second-order valence-corrected chi connectivity index (χ2v) is 5.45. The van der Waals surface area contributed by atoms with Crippen LogP contribution in [0.5, 0.6) is 0 Å². The summed E-state index contributed by atoms with van der Waals surface area (Å²) in [6.45, 7) is 1.31. The topological polar surface area (TPSA) is 58.6 Å². The molecule has 5 nitrogen and oxygen atoms in total. The fourth-order valence-electron chi connectivity index (χ4n) is 3.37. The minimum atomic E-state index is -0.293. The second kappa shape index (κ2) is 4.88. The molecule has 2 heterocycles. The van der Waals surface area contributed by atoms with Crippen molar-refractivity contribution in [3.63, 3.8) is 0 Å². The Morgan fingerprint density at radius 2 is 2.11 bits per heavy atom. The number of carbonyl (C=O) groups excluding carboxylic acids is 2. The van der Waals surface area contributed by atoms with Crippen molar-refractivity contribution in [2.24, 2.45) is 0 Å². The zero-order chi connectivity index (χ0) is 12.5. The molecule has 100 valence electrons. The maximum atomic E-state index is 12.5. The van der Waals surface area contributed by atoms with E-state index in [9.17, 15) is 9.59 Å². The van der Waals surface area contributed by atoms with Crippen LogP contribution in [0.1, 0.15) is 38.5 Å². The quantitative estimate of drug-likeness (QED) is 0.736. The molecule has 5 heteroatoms. The second-order valence-electron chi connectivity index (χ2n) is 5.45. The minimum Gasteiger partial charge on any atom is -0.374 e. The molecule has 0 aromatic carbocycles. The van der Waals surface area contributed by atoms with Crippen LogP contribution in [-0.2, 0) is 14.3 Å². The largest absolute Gasteiger partial charge is 0.374 e. The first-order valence-electron chi connectivity index (χ1n) is 6.97. The van der Waals surface area contributed by atoms with Crippen LogP contribution in [0, 0.1) is 0 Å². The van der Waals surface area contributed by atoms with Gasteiger partial charge < -0.3 is 15.0 Å². The molecule has 3 rings (SSSR count). The summed E-state index contributed by atoms with van der Waals surface area (Å²) in [5.41, 5.74) is 0. The van der Waals surface area contributed by atoms with E-state index in [1.807, 2.05) is 4.90 Å². The van der Waals surface area contributed by atoms with Crippen LogP contribution in [0.2, 0.25) is 0 Å². The van der Waals surface area contributed by atoms with E-state index in [0.29, 0.717) is 26.0 Å². The number of carbonyl (C=O) groups is 2. The van der Waals surface area contributed by atoms with Gasteiger partial charge in [-0.3, -0.25) is 9.59 Å². The molecule has 1 saturated carbocycles. The number of nitrogens with zero attached hydrogens (tertiary/aromatic N) is 1. The van der Waals surface area contributed by atoms with E-state index in [4.69, 9.17) is 4.74 Å². The molecule has 2 aliphatic heterocycles. The van der Waals surface area contributed by atoms with Crippen LogP contribution in [0.4, 0.5) is 0 Å². The first-order chi connectivity index (χ1) is 8.75. The minimum absolute atomic E-state index is 0.00167. The third-order valence-corrected chi connectivity index (χ3v) is 4.31. The Morgan fingerprint density at radius 3 is 2.89 bits per heavy atom. The highest BCUT2D eigenvalue weighted by Gasteiger charge is 2.40. The van der Waals surface area contributed by atoms with Crippen molar-refractivity contribution in [2.75, 3.05) is 13.2 Å². The summed E-state index contributed by atoms with van der Waals surface area (Å²) in [5, 5.41) is 2.78. The van der Waals surface area contributed by atoms with Gasteiger partial charge >= 0.3 is 0 Å². The van der Waals surface area contributed by atoms with Gasteiger partial charge in [-0.15, -0.1) is 0 Å². The molecular weight excluding hydrogens is 232 g/mol. The van der Waals surface area contributed by atoms with Gasteiger partial charge in [-0.05, 0) is 19.3 Å². The fourth-order valence-corrected chi connectivity index (χ4v) is 3.37. The Balaban J connectivity index is 1.69. The van der Waals surface area contributed by atoms with Crippen molar-refractivity contribution in [3.8, 4) is 0 Å². The lowest BCUT2D eigenvalue weighted by Crippen LogP contribution is -2.58. The number of fused-ring (bicyclic) bond motifs is 1. The smallest absolute Gasteiger partial charge is 0.245 e. The maximum Gasteiger partial charge on any atom is 0.245 e. The summed E-state index contributed by atoms with van der Waals surface area (Å²) in [6, 6.07) is -0.0596. The molecule has 0 bridgehead atoms. The summed E-state index contributed by atoms with van der Waals surface area (Å²) >= 11 is 0. The number of amides is 2. The summed E-state index contributed by atoms with van der Waals surface area (Å²) in [5.74, 6) is 0.0999. The average Bonchev–Trinajstić information content (AvgIpc) is 2.84. The Kier molecular flexibility index (Phi) is 3.24. The van der Waals surface area contributed by atoms with E-state index in [1.165, 1.54) is 12.8 Å². The predicted octanol–water partition coefficient (Wildman–Crippen LogP) is 0.435. The molecule has 0 aromatic heterocycles. The molecular formula is C13H20N2O3. The van der Waals surface area contributed by atoms with Gasteiger partial charge in [-0.1, -0.05) is 12.8 Å². The summed E-state index contributed by atoms with van der Waals surface area (Å²) in [4.78, 5) is 25.6. The summed E-state index contributed by atoms with van der Waals surface area (Å²) in [6.07, 6.45) is 5.81. The SMILES string of the molecule is O=C1CC[C@H](C(=O)N2CCO[C@@H]3CCCC[C@@H]32)N1. The van der Waals surface area contributed by atoms with E-state index in [-0.39, 0.29) is 30.0 Å². The number of rotatable bonds is 1. The van der Waals surface area contributed by atoms with Gasteiger partial charge in [0.15, 0.2) is 0 Å². The summed E-state index contributed by atoms with van der Waals surface area (Å²) in [7, 11) is 0. The number of hydrogen-bond donors (Lipinski definition) is 1. The molecule has 2 amide bonds. The average molecular weight is 252 g/mol. The van der Waals surface area contributed by atoms with Crippen molar-refractivity contribution in [2.45, 2.75) is 56.7 Å². The predicted molar refractivity (Wildman–Crippen MR) is 64.9 cm³/mol. The maximum absolute atomic E-state index is 12.5. The molecule has 3 fully saturated rings. The number of ether oxygens (including phenoxy) is 1. The first kappa shape index (κ1) is 12.0. The van der Waals surface area contributed by atoms with Gasteiger partial charge in [-0.2, -0.15) is 0 Å².